The van der Waals surface area contributed by atoms with Gasteiger partial charge < -0.3 is 10.8 Å². The summed E-state index contributed by atoms with van der Waals surface area (Å²) in [6.45, 7) is 0. The second-order valence-corrected chi connectivity index (χ2v) is 5.68. The predicted molar refractivity (Wildman–Crippen MR) is 66.3 cm³/mol. The van der Waals surface area contributed by atoms with Crippen LogP contribution < -0.4 is 5.73 Å². The van der Waals surface area contributed by atoms with Crippen LogP contribution in [0.2, 0.25) is 0 Å². The molecule has 1 aromatic rings. The van der Waals surface area contributed by atoms with Crippen molar-refractivity contribution in [3.8, 4) is 0 Å². The van der Waals surface area contributed by atoms with Crippen molar-refractivity contribution in [3.63, 3.8) is 0 Å². The number of alkyl halides is 3. The molecule has 18 heavy (non-hydrogen) atoms. The lowest BCUT2D eigenvalue weighted by molar-refractivity contribution is -0.137. The Balaban J connectivity index is 2.31. The molecule has 1 aliphatic rings. The number of aliphatic hydroxyl groups is 1. The first-order valence-electron chi connectivity index (χ1n) is 5.66. The van der Waals surface area contributed by atoms with Gasteiger partial charge in [-0.2, -0.15) is 24.9 Å². The van der Waals surface area contributed by atoms with Gasteiger partial charge in [0.2, 0.25) is 0 Å². The van der Waals surface area contributed by atoms with Gasteiger partial charge in [-0.15, -0.1) is 0 Å². The Kier molecular flexibility index (Phi) is 3.77. The molecule has 1 saturated heterocycles. The van der Waals surface area contributed by atoms with E-state index < -0.39 is 17.8 Å². The summed E-state index contributed by atoms with van der Waals surface area (Å²) in [5.74, 6) is 0.931. The third kappa shape index (κ3) is 2.75. The highest BCUT2D eigenvalue weighted by Gasteiger charge is 2.33. The van der Waals surface area contributed by atoms with E-state index in [0.29, 0.717) is 0 Å². The fraction of sp³-hybridized carbons (Fsp3) is 0.500. The molecule has 6 heteroatoms. The number of rotatable bonds is 2. The van der Waals surface area contributed by atoms with Crippen molar-refractivity contribution in [1.82, 2.24) is 0 Å². The number of halogens is 3. The lowest BCUT2D eigenvalue weighted by Crippen LogP contribution is -2.15. The summed E-state index contributed by atoms with van der Waals surface area (Å²) in [5, 5.41) is 10.1. The molecule has 0 spiro atoms. The maximum atomic E-state index is 12.6. The number of anilines is 1. The number of hydrogen-bond donors (Lipinski definition) is 2. The van der Waals surface area contributed by atoms with Gasteiger partial charge in [0.05, 0.1) is 11.7 Å². The summed E-state index contributed by atoms with van der Waals surface area (Å²) in [6, 6.07) is 3.10. The highest BCUT2D eigenvalue weighted by molar-refractivity contribution is 8.00. The van der Waals surface area contributed by atoms with Crippen LogP contribution in [0.5, 0.6) is 0 Å². The van der Waals surface area contributed by atoms with Gasteiger partial charge in [-0.25, -0.2) is 0 Å². The van der Waals surface area contributed by atoms with Crippen LogP contribution in [0.3, 0.4) is 0 Å². The minimum atomic E-state index is -4.41. The van der Waals surface area contributed by atoms with Crippen LogP contribution in [0.1, 0.15) is 30.1 Å². The summed E-state index contributed by atoms with van der Waals surface area (Å²) in [6.07, 6.45) is -3.56. The van der Waals surface area contributed by atoms with Crippen LogP contribution in [0.25, 0.3) is 0 Å². The molecule has 2 nitrogen and oxygen atoms in total. The molecule has 0 aromatic heterocycles. The molecule has 0 bridgehead atoms. The van der Waals surface area contributed by atoms with Gasteiger partial charge in [0, 0.05) is 16.5 Å². The molecule has 100 valence electrons. The summed E-state index contributed by atoms with van der Waals surface area (Å²) < 4.78 is 37.8. The average Bonchev–Trinajstić information content (AvgIpc) is 2.80. The molecule has 3 N–H and O–H groups in total. The van der Waals surface area contributed by atoms with E-state index in [1.54, 1.807) is 11.8 Å². The monoisotopic (exact) mass is 277 g/mol. The maximum absolute atomic E-state index is 12.6. The fourth-order valence-corrected chi connectivity index (χ4v) is 3.36. The molecule has 0 saturated carbocycles. The van der Waals surface area contributed by atoms with Crippen molar-refractivity contribution in [3.05, 3.63) is 29.3 Å². The van der Waals surface area contributed by atoms with E-state index in [-0.39, 0.29) is 16.5 Å². The molecule has 1 aliphatic heterocycles. The van der Waals surface area contributed by atoms with E-state index in [1.165, 1.54) is 6.07 Å². The molecule has 0 aliphatic carbocycles. The van der Waals surface area contributed by atoms with Gasteiger partial charge in [-0.05, 0) is 36.8 Å². The van der Waals surface area contributed by atoms with Crippen LogP contribution in [0.4, 0.5) is 18.9 Å². The van der Waals surface area contributed by atoms with Crippen molar-refractivity contribution in [2.45, 2.75) is 30.4 Å². The van der Waals surface area contributed by atoms with Crippen molar-refractivity contribution in [1.29, 1.82) is 0 Å². The Morgan fingerprint density at radius 2 is 2.11 bits per heavy atom. The van der Waals surface area contributed by atoms with Gasteiger partial charge in [-0.3, -0.25) is 0 Å². The number of thioether (sulfide) groups is 1. The van der Waals surface area contributed by atoms with E-state index in [1.807, 2.05) is 0 Å². The standard InChI is InChI=1S/C12H14F3NOS/c13-12(14,15)7-3-4-9(16)8(6-7)11(17)10-2-1-5-18-10/h3-4,6,10-11,17H,1-2,5,16H2. The van der Waals surface area contributed by atoms with Crippen LogP contribution in [-0.4, -0.2) is 16.1 Å². The number of nitrogens with two attached hydrogens (primary N) is 1. The first-order valence-corrected chi connectivity index (χ1v) is 6.71. The number of nitrogen functional groups attached to an aromatic ring is 1. The third-order valence-electron chi connectivity index (χ3n) is 3.05. The molecule has 1 fully saturated rings. The van der Waals surface area contributed by atoms with Gasteiger partial charge in [0.15, 0.2) is 0 Å². The normalized spacial score (nSPS) is 22.1. The van der Waals surface area contributed by atoms with Gasteiger partial charge >= 0.3 is 6.18 Å². The Hall–Kier alpha value is -0.880. The molecule has 0 radical (unpaired) electrons. The topological polar surface area (TPSA) is 46.2 Å². The second-order valence-electron chi connectivity index (χ2n) is 4.34. The Morgan fingerprint density at radius 1 is 1.39 bits per heavy atom. The van der Waals surface area contributed by atoms with E-state index >= 15 is 0 Å². The van der Waals surface area contributed by atoms with Gasteiger partial charge in [0.25, 0.3) is 0 Å². The zero-order valence-electron chi connectivity index (χ0n) is 9.57. The van der Waals surface area contributed by atoms with Crippen LogP contribution in [0, 0.1) is 0 Å². The number of aliphatic hydroxyl groups excluding tert-OH is 1. The molecular weight excluding hydrogens is 263 g/mol. The fourth-order valence-electron chi connectivity index (χ4n) is 2.06. The first-order chi connectivity index (χ1) is 8.39. The smallest absolute Gasteiger partial charge is 0.398 e. The second kappa shape index (κ2) is 5.01. The van der Waals surface area contributed by atoms with Crippen molar-refractivity contribution >= 4 is 17.4 Å². The lowest BCUT2D eigenvalue weighted by Gasteiger charge is -2.20. The Morgan fingerprint density at radius 3 is 2.67 bits per heavy atom. The zero-order chi connectivity index (χ0) is 13.3. The molecule has 2 rings (SSSR count). The Bertz CT molecular complexity index is 430. The van der Waals surface area contributed by atoms with Crippen molar-refractivity contribution in [2.75, 3.05) is 11.5 Å². The summed E-state index contributed by atoms with van der Waals surface area (Å²) in [7, 11) is 0. The summed E-state index contributed by atoms with van der Waals surface area (Å²) >= 11 is 1.58. The quantitative estimate of drug-likeness (QED) is 0.816. The van der Waals surface area contributed by atoms with Crippen molar-refractivity contribution < 1.29 is 18.3 Å². The van der Waals surface area contributed by atoms with E-state index in [9.17, 15) is 18.3 Å². The summed E-state index contributed by atoms with van der Waals surface area (Å²) in [4.78, 5) is 0. The highest BCUT2D eigenvalue weighted by Crippen LogP contribution is 2.39. The first kappa shape index (κ1) is 13.5. The molecule has 0 amide bonds. The van der Waals surface area contributed by atoms with Crippen LogP contribution in [0.15, 0.2) is 18.2 Å². The average molecular weight is 277 g/mol. The van der Waals surface area contributed by atoms with E-state index in [2.05, 4.69) is 0 Å². The molecule has 2 unspecified atom stereocenters. The van der Waals surface area contributed by atoms with Gasteiger partial charge in [0.1, 0.15) is 0 Å². The maximum Gasteiger partial charge on any atom is 0.416 e. The number of hydrogen-bond acceptors (Lipinski definition) is 3. The third-order valence-corrected chi connectivity index (χ3v) is 4.50. The van der Waals surface area contributed by atoms with Crippen LogP contribution in [-0.2, 0) is 6.18 Å². The molecule has 2 atom stereocenters. The minimum absolute atomic E-state index is 0.0595. The van der Waals surface area contributed by atoms with E-state index in [4.69, 9.17) is 5.73 Å². The minimum Gasteiger partial charge on any atom is -0.398 e. The largest absolute Gasteiger partial charge is 0.416 e. The summed E-state index contributed by atoms with van der Waals surface area (Å²) in [5.41, 5.74) is 5.29. The van der Waals surface area contributed by atoms with Gasteiger partial charge in [-0.1, -0.05) is 0 Å². The lowest BCUT2D eigenvalue weighted by atomic mass is 9.99. The molecular formula is C12H14F3NOS. The number of benzene rings is 1. The predicted octanol–water partition coefficient (Wildman–Crippen LogP) is 3.22. The SMILES string of the molecule is Nc1ccc(C(F)(F)F)cc1C(O)C1CCCS1. The van der Waals surface area contributed by atoms with E-state index in [0.717, 1.165) is 30.7 Å². The molecule has 1 aromatic carbocycles. The zero-order valence-corrected chi connectivity index (χ0v) is 10.4. The highest BCUT2D eigenvalue weighted by atomic mass is 32.2. The Labute approximate surface area is 107 Å². The van der Waals surface area contributed by atoms with Crippen molar-refractivity contribution in [2.24, 2.45) is 0 Å². The molecule has 1 heterocycles. The van der Waals surface area contributed by atoms with Crippen LogP contribution >= 0.6 is 11.8 Å².